The standard InChI is InChI=1S/C18H14N2O2/c1-2-20-8-7-12-9-14(19-11-15(12)20)18-10-16(21)13-5-3-4-6-17(13)22-18/h3-11H,2H2,1H3. The van der Waals surface area contributed by atoms with Gasteiger partial charge in [0, 0.05) is 24.2 Å². The molecule has 4 nitrogen and oxygen atoms in total. The van der Waals surface area contributed by atoms with Crippen molar-refractivity contribution >= 4 is 21.9 Å². The van der Waals surface area contributed by atoms with Crippen molar-refractivity contribution in [3.8, 4) is 11.5 Å². The molecule has 22 heavy (non-hydrogen) atoms. The molecule has 0 amide bonds. The molecular weight excluding hydrogens is 276 g/mol. The second-order valence-electron chi connectivity index (χ2n) is 5.20. The number of nitrogens with zero attached hydrogens (tertiary/aromatic N) is 2. The third-order valence-electron chi connectivity index (χ3n) is 3.89. The van der Waals surface area contributed by atoms with Gasteiger partial charge in [-0.3, -0.25) is 9.78 Å². The summed E-state index contributed by atoms with van der Waals surface area (Å²) in [5, 5.41) is 1.67. The highest BCUT2D eigenvalue weighted by atomic mass is 16.3. The van der Waals surface area contributed by atoms with Crippen LogP contribution in [0.15, 0.2) is 64.1 Å². The maximum Gasteiger partial charge on any atom is 0.193 e. The molecule has 0 radical (unpaired) electrons. The van der Waals surface area contributed by atoms with Crippen molar-refractivity contribution in [3.05, 3.63) is 65.1 Å². The van der Waals surface area contributed by atoms with E-state index < -0.39 is 0 Å². The normalized spacial score (nSPS) is 11.3. The van der Waals surface area contributed by atoms with Crippen LogP contribution in [0.3, 0.4) is 0 Å². The zero-order valence-electron chi connectivity index (χ0n) is 12.1. The van der Waals surface area contributed by atoms with Crippen LogP contribution in [0.1, 0.15) is 6.92 Å². The van der Waals surface area contributed by atoms with Crippen LogP contribution in [-0.4, -0.2) is 9.55 Å². The average molecular weight is 290 g/mol. The minimum atomic E-state index is -0.0510. The minimum absolute atomic E-state index is 0.0510. The fraction of sp³-hybridized carbons (Fsp3) is 0.111. The maximum atomic E-state index is 12.2. The van der Waals surface area contributed by atoms with E-state index in [2.05, 4.69) is 16.5 Å². The van der Waals surface area contributed by atoms with Gasteiger partial charge in [0.2, 0.25) is 0 Å². The number of benzene rings is 1. The van der Waals surface area contributed by atoms with E-state index in [9.17, 15) is 4.79 Å². The van der Waals surface area contributed by atoms with Gasteiger partial charge in [0.1, 0.15) is 11.3 Å². The van der Waals surface area contributed by atoms with E-state index in [0.29, 0.717) is 22.4 Å². The molecule has 4 heteroatoms. The molecule has 0 saturated heterocycles. The van der Waals surface area contributed by atoms with Crippen LogP contribution in [-0.2, 0) is 6.54 Å². The smallest absolute Gasteiger partial charge is 0.193 e. The first-order valence-corrected chi connectivity index (χ1v) is 7.24. The Bertz CT molecular complexity index is 1040. The van der Waals surface area contributed by atoms with E-state index in [-0.39, 0.29) is 5.43 Å². The Balaban J connectivity index is 1.93. The average Bonchev–Trinajstić information content (AvgIpc) is 2.97. The Labute approximate surface area is 126 Å². The summed E-state index contributed by atoms with van der Waals surface area (Å²) in [5.41, 5.74) is 2.28. The van der Waals surface area contributed by atoms with Crippen molar-refractivity contribution < 1.29 is 4.42 Å². The first-order valence-electron chi connectivity index (χ1n) is 7.24. The fourth-order valence-corrected chi connectivity index (χ4v) is 2.73. The summed E-state index contributed by atoms with van der Waals surface area (Å²) in [7, 11) is 0. The number of para-hydroxylation sites is 1. The SMILES string of the molecule is CCn1ccc2cc(-c3cc(=O)c4ccccc4o3)ncc21. The van der Waals surface area contributed by atoms with Crippen LogP contribution < -0.4 is 5.43 Å². The van der Waals surface area contributed by atoms with Gasteiger partial charge < -0.3 is 8.98 Å². The van der Waals surface area contributed by atoms with Crippen LogP contribution in [0.25, 0.3) is 33.3 Å². The van der Waals surface area contributed by atoms with E-state index in [4.69, 9.17) is 4.42 Å². The Kier molecular flexibility index (Phi) is 2.82. The lowest BCUT2D eigenvalue weighted by Gasteiger charge is -2.04. The second-order valence-corrected chi connectivity index (χ2v) is 5.20. The number of hydrogen-bond acceptors (Lipinski definition) is 3. The summed E-state index contributed by atoms with van der Waals surface area (Å²) in [5.74, 6) is 0.495. The zero-order chi connectivity index (χ0) is 15.1. The van der Waals surface area contributed by atoms with Crippen LogP contribution in [0.4, 0.5) is 0 Å². The Hall–Kier alpha value is -2.88. The summed E-state index contributed by atoms with van der Waals surface area (Å²) in [6.07, 6.45) is 3.86. The third kappa shape index (κ3) is 1.92. The predicted molar refractivity (Wildman–Crippen MR) is 86.9 cm³/mol. The van der Waals surface area contributed by atoms with E-state index in [1.807, 2.05) is 36.7 Å². The van der Waals surface area contributed by atoms with E-state index in [1.54, 1.807) is 12.1 Å². The number of rotatable bonds is 2. The minimum Gasteiger partial charge on any atom is -0.454 e. The van der Waals surface area contributed by atoms with Crippen molar-refractivity contribution in [1.82, 2.24) is 9.55 Å². The fourth-order valence-electron chi connectivity index (χ4n) is 2.73. The molecule has 0 aliphatic carbocycles. The second kappa shape index (κ2) is 4.84. The Morgan fingerprint density at radius 2 is 2.05 bits per heavy atom. The van der Waals surface area contributed by atoms with Gasteiger partial charge in [0.15, 0.2) is 11.2 Å². The highest BCUT2D eigenvalue weighted by Gasteiger charge is 2.09. The molecule has 3 heterocycles. The summed E-state index contributed by atoms with van der Waals surface area (Å²) in [6, 6.07) is 12.8. The molecule has 0 bridgehead atoms. The molecule has 0 unspecified atom stereocenters. The number of aryl methyl sites for hydroxylation is 1. The first-order chi connectivity index (χ1) is 10.8. The van der Waals surface area contributed by atoms with Gasteiger partial charge in [-0.2, -0.15) is 0 Å². The van der Waals surface area contributed by atoms with Gasteiger partial charge in [-0.1, -0.05) is 12.1 Å². The van der Waals surface area contributed by atoms with Crippen molar-refractivity contribution in [2.24, 2.45) is 0 Å². The predicted octanol–water partition coefficient (Wildman–Crippen LogP) is 3.83. The van der Waals surface area contributed by atoms with Gasteiger partial charge in [0.05, 0.1) is 17.1 Å². The summed E-state index contributed by atoms with van der Waals surface area (Å²) in [6.45, 7) is 2.99. The summed E-state index contributed by atoms with van der Waals surface area (Å²) in [4.78, 5) is 16.6. The Morgan fingerprint density at radius 3 is 2.91 bits per heavy atom. The van der Waals surface area contributed by atoms with E-state index in [1.165, 1.54) is 6.07 Å². The van der Waals surface area contributed by atoms with Crippen molar-refractivity contribution in [2.75, 3.05) is 0 Å². The lowest BCUT2D eigenvalue weighted by molar-refractivity contribution is 0.616. The quantitative estimate of drug-likeness (QED) is 0.563. The van der Waals surface area contributed by atoms with Crippen molar-refractivity contribution in [1.29, 1.82) is 0 Å². The van der Waals surface area contributed by atoms with Crippen molar-refractivity contribution in [2.45, 2.75) is 13.5 Å². The van der Waals surface area contributed by atoms with Gasteiger partial charge in [-0.15, -0.1) is 0 Å². The molecule has 4 rings (SSSR count). The number of fused-ring (bicyclic) bond motifs is 2. The molecule has 0 atom stereocenters. The third-order valence-corrected chi connectivity index (χ3v) is 3.89. The van der Waals surface area contributed by atoms with Crippen LogP contribution in [0, 0.1) is 0 Å². The highest BCUT2D eigenvalue weighted by Crippen LogP contribution is 2.24. The van der Waals surface area contributed by atoms with Gasteiger partial charge in [0.25, 0.3) is 0 Å². The lowest BCUT2D eigenvalue weighted by atomic mass is 10.2. The number of aromatic nitrogens is 2. The molecule has 0 aliphatic rings. The molecule has 0 N–H and O–H groups in total. The van der Waals surface area contributed by atoms with Gasteiger partial charge in [-0.25, -0.2) is 0 Å². The van der Waals surface area contributed by atoms with E-state index >= 15 is 0 Å². The summed E-state index contributed by atoms with van der Waals surface area (Å²) >= 11 is 0. The molecule has 0 saturated carbocycles. The molecule has 108 valence electrons. The number of hydrogen-bond donors (Lipinski definition) is 0. The van der Waals surface area contributed by atoms with Crippen LogP contribution in [0.5, 0.6) is 0 Å². The molecule has 0 fully saturated rings. The summed E-state index contributed by atoms with van der Waals surface area (Å²) < 4.78 is 7.97. The lowest BCUT2D eigenvalue weighted by Crippen LogP contribution is -2.00. The highest BCUT2D eigenvalue weighted by molar-refractivity contribution is 5.84. The van der Waals surface area contributed by atoms with Crippen LogP contribution in [0.2, 0.25) is 0 Å². The first kappa shape index (κ1) is 12.8. The number of pyridine rings is 1. The molecular formula is C18H14N2O2. The van der Waals surface area contributed by atoms with E-state index in [0.717, 1.165) is 17.4 Å². The maximum absolute atomic E-state index is 12.2. The largest absolute Gasteiger partial charge is 0.454 e. The van der Waals surface area contributed by atoms with Crippen molar-refractivity contribution in [3.63, 3.8) is 0 Å². The van der Waals surface area contributed by atoms with Crippen LogP contribution >= 0.6 is 0 Å². The van der Waals surface area contributed by atoms with Gasteiger partial charge in [-0.05, 0) is 31.2 Å². The monoisotopic (exact) mass is 290 g/mol. The molecule has 3 aromatic heterocycles. The van der Waals surface area contributed by atoms with Gasteiger partial charge >= 0.3 is 0 Å². The molecule has 1 aromatic carbocycles. The zero-order valence-corrected chi connectivity index (χ0v) is 12.1. The molecule has 0 spiro atoms. The molecule has 0 aliphatic heterocycles. The topological polar surface area (TPSA) is 48.0 Å². The Morgan fingerprint density at radius 1 is 1.18 bits per heavy atom. The molecule has 4 aromatic rings.